The maximum Gasteiger partial charge on any atom is 0.407 e. The summed E-state index contributed by atoms with van der Waals surface area (Å²) >= 11 is 5.48. The van der Waals surface area contributed by atoms with E-state index in [0.717, 1.165) is 38.5 Å². The average Bonchev–Trinajstić information content (AvgIpc) is 2.75. The van der Waals surface area contributed by atoms with Crippen molar-refractivity contribution in [3.05, 3.63) is 0 Å². The van der Waals surface area contributed by atoms with E-state index >= 15 is 0 Å². The molecule has 0 heterocycles. The van der Waals surface area contributed by atoms with Crippen molar-refractivity contribution in [3.8, 4) is 0 Å². The van der Waals surface area contributed by atoms with Gasteiger partial charge in [-0.15, -0.1) is 0 Å². The Morgan fingerprint density at radius 1 is 0.824 bits per heavy atom. The smallest absolute Gasteiger partial charge is 0.407 e. The first kappa shape index (κ1) is 31.0. The summed E-state index contributed by atoms with van der Waals surface area (Å²) < 4.78 is 11.2. The number of thiocarbonyl (C=S) groups is 1. The van der Waals surface area contributed by atoms with Crippen molar-refractivity contribution < 1.29 is 14.3 Å². The van der Waals surface area contributed by atoms with Crippen LogP contribution in [0.5, 0.6) is 0 Å². The number of carbonyl (C=O) groups is 1. The monoisotopic (exact) mass is 498 g/mol. The van der Waals surface area contributed by atoms with Crippen LogP contribution in [0.2, 0.25) is 0 Å². The van der Waals surface area contributed by atoms with Crippen LogP contribution in [0.15, 0.2) is 0 Å². The maximum absolute atomic E-state index is 12.2. The number of unbranched alkanes of at least 4 members (excludes halogenated alkanes) is 10. The van der Waals surface area contributed by atoms with Gasteiger partial charge in [-0.3, -0.25) is 0 Å². The third-order valence-electron chi connectivity index (χ3n) is 6.89. The average molecular weight is 499 g/mol. The quantitative estimate of drug-likeness (QED) is 0.158. The van der Waals surface area contributed by atoms with Crippen molar-refractivity contribution in [2.24, 2.45) is 10.8 Å². The van der Waals surface area contributed by atoms with E-state index in [1.807, 2.05) is 0 Å². The van der Waals surface area contributed by atoms with Gasteiger partial charge in [0.1, 0.15) is 0 Å². The number of hydrogen-bond donors (Lipinski definition) is 2. The van der Waals surface area contributed by atoms with Crippen LogP contribution in [0, 0.1) is 10.8 Å². The Bertz CT molecular complexity index is 570. The molecule has 1 fully saturated rings. The van der Waals surface area contributed by atoms with E-state index in [2.05, 4.69) is 45.3 Å². The second-order valence-electron chi connectivity index (χ2n) is 11.6. The van der Waals surface area contributed by atoms with E-state index in [4.69, 9.17) is 21.7 Å². The van der Waals surface area contributed by atoms with Gasteiger partial charge in [-0.2, -0.15) is 0 Å². The molecule has 0 aromatic rings. The highest BCUT2D eigenvalue weighted by Gasteiger charge is 2.41. The van der Waals surface area contributed by atoms with Crippen molar-refractivity contribution in [1.29, 1.82) is 0 Å². The Labute approximate surface area is 215 Å². The predicted octanol–water partition coefficient (Wildman–Crippen LogP) is 7.91. The van der Waals surface area contributed by atoms with Crippen LogP contribution in [-0.2, 0) is 9.47 Å². The molecule has 2 unspecified atom stereocenters. The molecule has 0 aromatic carbocycles. The minimum absolute atomic E-state index is 0.00647. The number of nitrogens with one attached hydrogen (secondary N) is 2. The molecule has 1 rings (SSSR count). The van der Waals surface area contributed by atoms with Crippen molar-refractivity contribution in [1.82, 2.24) is 10.6 Å². The van der Waals surface area contributed by atoms with E-state index in [0.29, 0.717) is 24.9 Å². The number of alkyl carbamates (subject to hydrolysis) is 1. The molecule has 1 saturated carbocycles. The number of amides is 1. The van der Waals surface area contributed by atoms with Gasteiger partial charge >= 0.3 is 6.09 Å². The highest BCUT2D eigenvalue weighted by atomic mass is 32.1. The molecule has 200 valence electrons. The van der Waals surface area contributed by atoms with E-state index in [9.17, 15) is 4.79 Å². The zero-order valence-corrected chi connectivity index (χ0v) is 23.8. The molecule has 0 aromatic heterocycles. The standard InChI is InChI=1S/C28H54N2O3S/c1-6-8-10-12-14-16-18-32-25(31)29-23-28(5)21-24(20-27(3,4)22-28)30-26(34)33-19-17-15-13-11-9-7-2/h24H,6-23H2,1-5H3,(H,29,31)(H,30,34). The zero-order chi connectivity index (χ0) is 25.3. The molecule has 2 atom stereocenters. The number of hydrogen-bond acceptors (Lipinski definition) is 4. The normalized spacial score (nSPS) is 21.6. The van der Waals surface area contributed by atoms with Gasteiger partial charge in [0, 0.05) is 12.6 Å². The highest BCUT2D eigenvalue weighted by Crippen LogP contribution is 2.45. The minimum atomic E-state index is -0.291. The predicted molar refractivity (Wildman–Crippen MR) is 147 cm³/mol. The number of rotatable bonds is 17. The lowest BCUT2D eigenvalue weighted by atomic mass is 9.62. The molecule has 34 heavy (non-hydrogen) atoms. The molecule has 1 aliphatic carbocycles. The SMILES string of the molecule is CCCCCCCCOC(=O)NCC1(C)CC(NC(=S)OCCCCCCCC)CC(C)(C)C1. The van der Waals surface area contributed by atoms with Crippen LogP contribution >= 0.6 is 12.2 Å². The Kier molecular flexibility index (Phi) is 15.9. The fourth-order valence-electron chi connectivity index (χ4n) is 5.51. The zero-order valence-electron chi connectivity index (χ0n) is 22.9. The van der Waals surface area contributed by atoms with Crippen molar-refractivity contribution in [2.45, 2.75) is 137 Å². The molecule has 5 nitrogen and oxygen atoms in total. The van der Waals surface area contributed by atoms with Gasteiger partial charge in [0.25, 0.3) is 5.17 Å². The molecule has 1 amide bonds. The van der Waals surface area contributed by atoms with Crippen molar-refractivity contribution >= 4 is 23.5 Å². The molecule has 0 aliphatic heterocycles. The van der Waals surface area contributed by atoms with E-state index in [-0.39, 0.29) is 23.0 Å². The van der Waals surface area contributed by atoms with E-state index in [1.165, 1.54) is 57.8 Å². The molecule has 0 radical (unpaired) electrons. The summed E-state index contributed by atoms with van der Waals surface area (Å²) in [5.41, 5.74) is 0.164. The van der Waals surface area contributed by atoms with Gasteiger partial charge in [-0.05, 0) is 55.2 Å². The molecule has 0 spiro atoms. The Morgan fingerprint density at radius 2 is 1.35 bits per heavy atom. The Balaban J connectivity index is 2.32. The summed E-state index contributed by atoms with van der Waals surface area (Å²) in [7, 11) is 0. The third-order valence-corrected chi connectivity index (χ3v) is 7.12. The summed E-state index contributed by atoms with van der Waals surface area (Å²) in [6.45, 7) is 13.1. The largest absolute Gasteiger partial charge is 0.471 e. The van der Waals surface area contributed by atoms with Gasteiger partial charge in [0.05, 0.1) is 13.2 Å². The summed E-state index contributed by atoms with van der Waals surface area (Å²) in [4.78, 5) is 12.2. The van der Waals surface area contributed by atoms with Crippen LogP contribution in [-0.4, -0.2) is 37.1 Å². The fourth-order valence-corrected chi connectivity index (χ4v) is 5.76. The van der Waals surface area contributed by atoms with E-state index < -0.39 is 0 Å². The topological polar surface area (TPSA) is 59.6 Å². The third kappa shape index (κ3) is 15.1. The lowest BCUT2D eigenvalue weighted by Crippen LogP contribution is -2.50. The number of ether oxygens (including phenoxy) is 2. The number of carbonyl (C=O) groups excluding carboxylic acids is 1. The summed E-state index contributed by atoms with van der Waals surface area (Å²) in [5, 5.41) is 7.00. The van der Waals surface area contributed by atoms with Gasteiger partial charge in [0.15, 0.2) is 0 Å². The van der Waals surface area contributed by atoms with Gasteiger partial charge in [0.2, 0.25) is 0 Å². The Morgan fingerprint density at radius 3 is 1.94 bits per heavy atom. The molecule has 0 bridgehead atoms. The van der Waals surface area contributed by atoms with Crippen LogP contribution in [0.4, 0.5) is 4.79 Å². The molecule has 6 heteroatoms. The first-order valence-electron chi connectivity index (χ1n) is 14.0. The fraction of sp³-hybridized carbons (Fsp3) is 0.929. The second kappa shape index (κ2) is 17.4. The van der Waals surface area contributed by atoms with E-state index in [1.54, 1.807) is 0 Å². The van der Waals surface area contributed by atoms with Crippen LogP contribution in [0.25, 0.3) is 0 Å². The molecule has 0 saturated heterocycles. The first-order valence-corrected chi connectivity index (χ1v) is 14.4. The molecular weight excluding hydrogens is 444 g/mol. The minimum Gasteiger partial charge on any atom is -0.471 e. The van der Waals surface area contributed by atoms with Crippen LogP contribution in [0.3, 0.4) is 0 Å². The highest BCUT2D eigenvalue weighted by molar-refractivity contribution is 7.80. The van der Waals surface area contributed by atoms with Crippen molar-refractivity contribution in [2.75, 3.05) is 19.8 Å². The molecule has 1 aliphatic rings. The maximum atomic E-state index is 12.2. The lowest BCUT2D eigenvalue weighted by Gasteiger charge is -2.47. The van der Waals surface area contributed by atoms with Crippen molar-refractivity contribution in [3.63, 3.8) is 0 Å². The second-order valence-corrected chi connectivity index (χ2v) is 11.9. The Hall–Kier alpha value is -1.04. The molecule has 2 N–H and O–H groups in total. The van der Waals surface area contributed by atoms with Gasteiger partial charge in [-0.1, -0.05) is 98.8 Å². The van der Waals surface area contributed by atoms with Crippen LogP contribution < -0.4 is 10.6 Å². The summed E-state index contributed by atoms with van der Waals surface area (Å²) in [6.07, 6.45) is 17.4. The lowest BCUT2D eigenvalue weighted by molar-refractivity contribution is 0.0702. The van der Waals surface area contributed by atoms with Gasteiger partial charge < -0.3 is 20.1 Å². The first-order chi connectivity index (χ1) is 16.2. The summed E-state index contributed by atoms with van der Waals surface area (Å²) in [6, 6.07) is 0.256. The summed E-state index contributed by atoms with van der Waals surface area (Å²) in [5.74, 6) is 0. The van der Waals surface area contributed by atoms with Crippen LogP contribution in [0.1, 0.15) is 131 Å². The molecular formula is C28H54N2O3S. The van der Waals surface area contributed by atoms with Gasteiger partial charge in [-0.25, -0.2) is 4.79 Å².